The summed E-state index contributed by atoms with van der Waals surface area (Å²) in [7, 11) is 0. The zero-order valence-electron chi connectivity index (χ0n) is 10.1. The molecule has 2 aliphatic rings. The summed E-state index contributed by atoms with van der Waals surface area (Å²) in [5.41, 5.74) is 0. The molecule has 4 heteroatoms. The van der Waals surface area contributed by atoms with E-state index in [4.69, 9.17) is 0 Å². The summed E-state index contributed by atoms with van der Waals surface area (Å²) < 4.78 is -0.158. The van der Waals surface area contributed by atoms with E-state index in [1.54, 1.807) is 11.8 Å². The van der Waals surface area contributed by atoms with Gasteiger partial charge in [0.1, 0.15) is 0 Å². The van der Waals surface area contributed by atoms with Crippen molar-refractivity contribution in [3.8, 4) is 0 Å². The van der Waals surface area contributed by atoms with Gasteiger partial charge in [0.25, 0.3) is 0 Å². The molecule has 0 spiro atoms. The molecule has 2 saturated heterocycles. The van der Waals surface area contributed by atoms with Crippen molar-refractivity contribution in [1.82, 2.24) is 10.6 Å². The van der Waals surface area contributed by atoms with Gasteiger partial charge in [0.05, 0.1) is 4.75 Å². The fourth-order valence-corrected chi connectivity index (χ4v) is 3.69. The Morgan fingerprint density at radius 1 is 1.50 bits per heavy atom. The highest BCUT2D eigenvalue weighted by molar-refractivity contribution is 8.01. The highest BCUT2D eigenvalue weighted by atomic mass is 32.2. The first-order valence-electron chi connectivity index (χ1n) is 6.36. The molecular weight excluding hydrogens is 220 g/mol. The van der Waals surface area contributed by atoms with Gasteiger partial charge in [0, 0.05) is 12.6 Å². The number of amides is 1. The first-order valence-corrected chi connectivity index (χ1v) is 7.35. The molecule has 2 rings (SSSR count). The summed E-state index contributed by atoms with van der Waals surface area (Å²) in [6, 6.07) is 0.493. The number of carbonyl (C=O) groups excluding carboxylic acids is 1. The van der Waals surface area contributed by atoms with Crippen LogP contribution in [-0.4, -0.2) is 35.5 Å². The van der Waals surface area contributed by atoms with Gasteiger partial charge in [-0.05, 0) is 44.9 Å². The second kappa shape index (κ2) is 5.41. The maximum atomic E-state index is 12.1. The van der Waals surface area contributed by atoms with E-state index < -0.39 is 0 Å². The van der Waals surface area contributed by atoms with Crippen molar-refractivity contribution >= 4 is 17.7 Å². The molecule has 1 amide bonds. The molecule has 2 atom stereocenters. The fourth-order valence-electron chi connectivity index (χ4n) is 2.46. The van der Waals surface area contributed by atoms with E-state index in [0.29, 0.717) is 6.04 Å². The number of hydrogen-bond acceptors (Lipinski definition) is 3. The Labute approximate surface area is 102 Å². The normalized spacial score (nSPS) is 34.9. The van der Waals surface area contributed by atoms with Crippen molar-refractivity contribution in [1.29, 1.82) is 0 Å². The van der Waals surface area contributed by atoms with Crippen molar-refractivity contribution in [2.24, 2.45) is 0 Å². The maximum Gasteiger partial charge on any atom is 0.236 e. The van der Waals surface area contributed by atoms with Gasteiger partial charge in [-0.2, -0.15) is 0 Å². The highest BCUT2D eigenvalue weighted by Crippen LogP contribution is 2.37. The van der Waals surface area contributed by atoms with Crippen molar-refractivity contribution in [3.05, 3.63) is 0 Å². The van der Waals surface area contributed by atoms with Gasteiger partial charge in [-0.3, -0.25) is 4.79 Å². The molecule has 0 aromatic rings. The average molecular weight is 242 g/mol. The number of piperidine rings is 1. The van der Waals surface area contributed by atoms with E-state index >= 15 is 0 Å². The lowest BCUT2D eigenvalue weighted by molar-refractivity contribution is -0.123. The molecule has 92 valence electrons. The van der Waals surface area contributed by atoms with E-state index in [1.165, 1.54) is 25.7 Å². The largest absolute Gasteiger partial charge is 0.353 e. The Morgan fingerprint density at radius 3 is 3.00 bits per heavy atom. The lowest BCUT2D eigenvalue weighted by atomic mass is 10.0. The lowest BCUT2D eigenvalue weighted by Crippen LogP contribution is -2.48. The Hall–Kier alpha value is -0.220. The molecule has 2 fully saturated rings. The van der Waals surface area contributed by atoms with Crippen LogP contribution in [0.1, 0.15) is 39.0 Å². The van der Waals surface area contributed by atoms with Crippen LogP contribution in [0.25, 0.3) is 0 Å². The highest BCUT2D eigenvalue weighted by Gasteiger charge is 2.37. The molecule has 0 bridgehead atoms. The molecule has 3 nitrogen and oxygen atoms in total. The summed E-state index contributed by atoms with van der Waals surface area (Å²) in [4.78, 5) is 12.1. The summed E-state index contributed by atoms with van der Waals surface area (Å²) in [6.45, 7) is 3.98. The zero-order chi connectivity index (χ0) is 11.4. The molecule has 16 heavy (non-hydrogen) atoms. The number of thioether (sulfide) groups is 1. The van der Waals surface area contributed by atoms with E-state index in [2.05, 4.69) is 17.6 Å². The standard InChI is InChI=1S/C12H22N2OS/c1-12(6-4-8-16-12)11(15)14-9-10-5-2-3-7-13-10/h10,13H,2-9H2,1H3,(H,14,15). The Morgan fingerprint density at radius 2 is 2.38 bits per heavy atom. The van der Waals surface area contributed by atoms with Crippen LogP contribution in [0.3, 0.4) is 0 Å². The fraction of sp³-hybridized carbons (Fsp3) is 0.917. The van der Waals surface area contributed by atoms with Crippen LogP contribution in [0.5, 0.6) is 0 Å². The third kappa shape index (κ3) is 2.92. The van der Waals surface area contributed by atoms with E-state index in [1.807, 2.05) is 0 Å². The van der Waals surface area contributed by atoms with Gasteiger partial charge < -0.3 is 10.6 Å². The van der Waals surface area contributed by atoms with Crippen LogP contribution >= 0.6 is 11.8 Å². The van der Waals surface area contributed by atoms with Crippen LogP contribution in [0.2, 0.25) is 0 Å². The van der Waals surface area contributed by atoms with Gasteiger partial charge >= 0.3 is 0 Å². The number of hydrogen-bond donors (Lipinski definition) is 2. The third-order valence-corrected chi connectivity index (χ3v) is 5.14. The van der Waals surface area contributed by atoms with E-state index in [0.717, 1.165) is 25.3 Å². The van der Waals surface area contributed by atoms with Crippen molar-refractivity contribution in [2.45, 2.75) is 49.8 Å². The molecule has 2 N–H and O–H groups in total. The van der Waals surface area contributed by atoms with Gasteiger partial charge in [0.2, 0.25) is 5.91 Å². The van der Waals surface area contributed by atoms with Crippen LogP contribution in [-0.2, 0) is 4.79 Å². The molecule has 0 radical (unpaired) electrons. The first-order chi connectivity index (χ1) is 7.71. The minimum Gasteiger partial charge on any atom is -0.353 e. The SMILES string of the molecule is CC1(C(=O)NCC2CCCCN2)CCCS1. The van der Waals surface area contributed by atoms with Crippen LogP contribution in [0, 0.1) is 0 Å². The van der Waals surface area contributed by atoms with E-state index in [-0.39, 0.29) is 10.7 Å². The zero-order valence-corrected chi connectivity index (χ0v) is 10.9. The smallest absolute Gasteiger partial charge is 0.236 e. The van der Waals surface area contributed by atoms with Crippen LogP contribution in [0.4, 0.5) is 0 Å². The summed E-state index contributed by atoms with van der Waals surface area (Å²) in [5.74, 6) is 1.37. The number of carbonyl (C=O) groups is 1. The van der Waals surface area contributed by atoms with Crippen molar-refractivity contribution in [3.63, 3.8) is 0 Å². The monoisotopic (exact) mass is 242 g/mol. The summed E-state index contributed by atoms with van der Waals surface area (Å²) in [6.07, 6.45) is 5.97. The minimum absolute atomic E-state index is 0.158. The van der Waals surface area contributed by atoms with Crippen molar-refractivity contribution in [2.75, 3.05) is 18.8 Å². The van der Waals surface area contributed by atoms with Gasteiger partial charge in [-0.25, -0.2) is 0 Å². The maximum absolute atomic E-state index is 12.1. The average Bonchev–Trinajstić information content (AvgIpc) is 2.76. The van der Waals surface area contributed by atoms with Gasteiger partial charge in [-0.1, -0.05) is 6.42 Å². The minimum atomic E-state index is -0.158. The first kappa shape index (κ1) is 12.2. The summed E-state index contributed by atoms with van der Waals surface area (Å²) >= 11 is 1.81. The Kier molecular flexibility index (Phi) is 4.14. The number of nitrogens with one attached hydrogen (secondary N) is 2. The quantitative estimate of drug-likeness (QED) is 0.788. The third-order valence-electron chi connectivity index (χ3n) is 3.62. The predicted molar refractivity (Wildman–Crippen MR) is 68.7 cm³/mol. The van der Waals surface area contributed by atoms with Crippen LogP contribution in [0.15, 0.2) is 0 Å². The van der Waals surface area contributed by atoms with E-state index in [9.17, 15) is 4.79 Å². The molecule has 0 aliphatic carbocycles. The second-order valence-electron chi connectivity index (χ2n) is 5.04. The molecule has 0 aromatic carbocycles. The molecule has 2 aliphatic heterocycles. The summed E-state index contributed by atoms with van der Waals surface area (Å²) in [5, 5.41) is 6.57. The Bertz CT molecular complexity index is 245. The second-order valence-corrected chi connectivity index (χ2v) is 6.64. The van der Waals surface area contributed by atoms with Crippen LogP contribution < -0.4 is 10.6 Å². The molecule has 0 saturated carbocycles. The molecule has 0 aromatic heterocycles. The molecule has 2 heterocycles. The lowest BCUT2D eigenvalue weighted by Gasteiger charge is -2.26. The Balaban J connectivity index is 1.74. The topological polar surface area (TPSA) is 41.1 Å². The van der Waals surface area contributed by atoms with Gasteiger partial charge in [0.15, 0.2) is 0 Å². The predicted octanol–water partition coefficient (Wildman–Crippen LogP) is 1.53. The van der Waals surface area contributed by atoms with Gasteiger partial charge in [-0.15, -0.1) is 11.8 Å². The molecular formula is C12H22N2OS. The molecule has 2 unspecified atom stereocenters. The van der Waals surface area contributed by atoms with Crippen molar-refractivity contribution < 1.29 is 4.79 Å². The number of rotatable bonds is 3.